The highest BCUT2D eigenvalue weighted by Crippen LogP contribution is 2.41. The highest BCUT2D eigenvalue weighted by atomic mass is 35.5. The van der Waals surface area contributed by atoms with Crippen molar-refractivity contribution >= 4 is 35.1 Å². The monoisotopic (exact) mass is 407 g/mol. The van der Waals surface area contributed by atoms with Gasteiger partial charge in [-0.1, -0.05) is 53.5 Å². The Morgan fingerprint density at radius 2 is 1.52 bits per heavy atom. The minimum Gasteiger partial charge on any atom is -0.478 e. The van der Waals surface area contributed by atoms with E-state index >= 15 is 0 Å². The Morgan fingerprint density at radius 1 is 0.926 bits per heavy atom. The van der Waals surface area contributed by atoms with E-state index in [0.29, 0.717) is 28.1 Å². The van der Waals surface area contributed by atoms with Crippen molar-refractivity contribution in [1.29, 1.82) is 0 Å². The summed E-state index contributed by atoms with van der Waals surface area (Å²) in [5.74, 6) is -2.15. The molecule has 1 aliphatic rings. The molecule has 0 saturated carbocycles. The van der Waals surface area contributed by atoms with Gasteiger partial charge in [0.2, 0.25) is 0 Å². The van der Waals surface area contributed by atoms with E-state index in [1.807, 2.05) is 12.1 Å². The molecule has 0 radical (unpaired) electrons. The fraction of sp³-hybridized carbons (Fsp3) is 0.200. The molecule has 1 aliphatic carbocycles. The minimum absolute atomic E-state index is 0.148. The van der Waals surface area contributed by atoms with Gasteiger partial charge in [0.1, 0.15) is 0 Å². The molecule has 0 aromatic heterocycles. The molecule has 3 rings (SSSR count). The quantitative estimate of drug-likeness (QED) is 0.643. The minimum atomic E-state index is -1.26. The SMILES string of the molecule is N[C@H]1CC[C@@H](c2ccc(Cl)c(Cl)c2)c2ccccc21.O=C(O)/C=C\C(=O)O. The van der Waals surface area contributed by atoms with Crippen molar-refractivity contribution < 1.29 is 19.8 Å². The lowest BCUT2D eigenvalue weighted by Crippen LogP contribution is -2.20. The van der Waals surface area contributed by atoms with Gasteiger partial charge in [0.05, 0.1) is 10.0 Å². The summed E-state index contributed by atoms with van der Waals surface area (Å²) in [6.45, 7) is 0. The number of hydrogen-bond donors (Lipinski definition) is 3. The number of fused-ring (bicyclic) bond motifs is 1. The number of carboxylic acid groups (broad SMARTS) is 2. The average molecular weight is 408 g/mol. The molecule has 0 bridgehead atoms. The van der Waals surface area contributed by atoms with Gasteiger partial charge in [-0.25, -0.2) is 9.59 Å². The summed E-state index contributed by atoms with van der Waals surface area (Å²) >= 11 is 12.1. The van der Waals surface area contributed by atoms with E-state index < -0.39 is 11.9 Å². The molecule has 0 saturated heterocycles. The van der Waals surface area contributed by atoms with Gasteiger partial charge in [-0.05, 0) is 41.7 Å². The van der Waals surface area contributed by atoms with Crippen LogP contribution in [0.3, 0.4) is 0 Å². The van der Waals surface area contributed by atoms with E-state index in [1.165, 1.54) is 16.7 Å². The second-order valence-electron chi connectivity index (χ2n) is 6.05. The van der Waals surface area contributed by atoms with Gasteiger partial charge in [-0.3, -0.25) is 0 Å². The van der Waals surface area contributed by atoms with E-state index in [1.54, 1.807) is 0 Å². The van der Waals surface area contributed by atoms with Gasteiger partial charge < -0.3 is 15.9 Å². The standard InChI is InChI=1S/C16H15Cl2N.C4H4O4/c17-14-7-5-10(9-15(14)18)11-6-8-16(19)13-4-2-1-3-12(11)13;5-3(6)1-2-4(7)8/h1-5,7,9,11,16H,6,8,19H2;1-2H,(H,5,6)(H,7,8)/b;2-1-/t11-,16-;/m0./s1. The third-order valence-corrected chi connectivity index (χ3v) is 4.99. The zero-order valence-corrected chi connectivity index (χ0v) is 15.8. The lowest BCUT2D eigenvalue weighted by molar-refractivity contribution is -0.134. The lowest BCUT2D eigenvalue weighted by Gasteiger charge is -2.30. The fourth-order valence-electron chi connectivity index (χ4n) is 3.04. The van der Waals surface area contributed by atoms with Crippen LogP contribution in [-0.2, 0) is 9.59 Å². The second-order valence-corrected chi connectivity index (χ2v) is 6.86. The fourth-order valence-corrected chi connectivity index (χ4v) is 3.35. The highest BCUT2D eigenvalue weighted by molar-refractivity contribution is 6.42. The number of benzene rings is 2. The van der Waals surface area contributed by atoms with Crippen LogP contribution in [-0.4, -0.2) is 22.2 Å². The summed E-state index contributed by atoms with van der Waals surface area (Å²) in [4.78, 5) is 19.1. The van der Waals surface area contributed by atoms with Crippen LogP contribution in [0.25, 0.3) is 0 Å². The Kier molecular flexibility index (Phi) is 7.42. The zero-order valence-electron chi connectivity index (χ0n) is 14.3. The normalized spacial score (nSPS) is 18.3. The van der Waals surface area contributed by atoms with Crippen LogP contribution in [0, 0.1) is 0 Å². The topological polar surface area (TPSA) is 101 Å². The molecular weight excluding hydrogens is 389 g/mol. The zero-order chi connectivity index (χ0) is 20.0. The van der Waals surface area contributed by atoms with Crippen molar-refractivity contribution in [2.45, 2.75) is 24.8 Å². The molecule has 2 aromatic carbocycles. The molecule has 2 aromatic rings. The third-order valence-electron chi connectivity index (χ3n) is 4.25. The Hall–Kier alpha value is -2.34. The maximum atomic E-state index is 9.55. The molecule has 0 unspecified atom stereocenters. The van der Waals surface area contributed by atoms with Gasteiger partial charge in [0, 0.05) is 24.1 Å². The first-order valence-corrected chi connectivity index (χ1v) is 8.98. The van der Waals surface area contributed by atoms with Crippen LogP contribution in [0.1, 0.15) is 41.5 Å². The van der Waals surface area contributed by atoms with E-state index in [4.69, 9.17) is 39.1 Å². The van der Waals surface area contributed by atoms with Crippen molar-refractivity contribution in [3.63, 3.8) is 0 Å². The van der Waals surface area contributed by atoms with Crippen molar-refractivity contribution in [2.24, 2.45) is 5.73 Å². The van der Waals surface area contributed by atoms with Crippen LogP contribution in [0.2, 0.25) is 10.0 Å². The number of hydrogen-bond acceptors (Lipinski definition) is 3. The number of aliphatic carboxylic acids is 2. The Bertz CT molecular complexity index is 851. The lowest BCUT2D eigenvalue weighted by atomic mass is 9.77. The summed E-state index contributed by atoms with van der Waals surface area (Å²) in [6.07, 6.45) is 3.17. The van der Waals surface area contributed by atoms with Crippen molar-refractivity contribution in [3.8, 4) is 0 Å². The summed E-state index contributed by atoms with van der Waals surface area (Å²) in [5, 5.41) is 16.8. The molecule has 7 heteroatoms. The molecular formula is C20H19Cl2NO4. The van der Waals surface area contributed by atoms with Crippen LogP contribution < -0.4 is 5.73 Å². The van der Waals surface area contributed by atoms with Crippen molar-refractivity contribution in [3.05, 3.63) is 81.4 Å². The molecule has 0 fully saturated rings. The number of carboxylic acids is 2. The first-order valence-electron chi connectivity index (χ1n) is 8.23. The maximum absolute atomic E-state index is 9.55. The first kappa shape index (κ1) is 21.0. The van der Waals surface area contributed by atoms with Crippen LogP contribution in [0.15, 0.2) is 54.6 Å². The largest absolute Gasteiger partial charge is 0.478 e. The predicted octanol–water partition coefficient (Wildman–Crippen LogP) is 4.63. The van der Waals surface area contributed by atoms with Gasteiger partial charge in [-0.2, -0.15) is 0 Å². The molecule has 5 nitrogen and oxygen atoms in total. The molecule has 0 aliphatic heterocycles. The van der Waals surface area contributed by atoms with Crippen molar-refractivity contribution in [1.82, 2.24) is 0 Å². The summed E-state index contributed by atoms with van der Waals surface area (Å²) < 4.78 is 0. The molecule has 27 heavy (non-hydrogen) atoms. The van der Waals surface area contributed by atoms with Gasteiger partial charge in [-0.15, -0.1) is 0 Å². The molecule has 0 heterocycles. The summed E-state index contributed by atoms with van der Waals surface area (Å²) in [6, 6.07) is 14.5. The average Bonchev–Trinajstić information content (AvgIpc) is 2.64. The van der Waals surface area contributed by atoms with E-state index in [9.17, 15) is 9.59 Å². The van der Waals surface area contributed by atoms with Crippen molar-refractivity contribution in [2.75, 3.05) is 0 Å². The second kappa shape index (κ2) is 9.55. The first-order chi connectivity index (χ1) is 12.8. The van der Waals surface area contributed by atoms with Gasteiger partial charge in [0.15, 0.2) is 0 Å². The van der Waals surface area contributed by atoms with E-state index in [-0.39, 0.29) is 6.04 Å². The summed E-state index contributed by atoms with van der Waals surface area (Å²) in [7, 11) is 0. The molecule has 2 atom stereocenters. The molecule has 142 valence electrons. The third kappa shape index (κ3) is 5.82. The highest BCUT2D eigenvalue weighted by Gasteiger charge is 2.26. The Labute approximate surface area is 167 Å². The van der Waals surface area contributed by atoms with Crippen LogP contribution >= 0.6 is 23.2 Å². The smallest absolute Gasteiger partial charge is 0.328 e. The van der Waals surface area contributed by atoms with Gasteiger partial charge >= 0.3 is 11.9 Å². The number of nitrogens with two attached hydrogens (primary N) is 1. The van der Waals surface area contributed by atoms with E-state index in [2.05, 4.69) is 30.3 Å². The molecule has 0 amide bonds. The van der Waals surface area contributed by atoms with Crippen LogP contribution in [0.4, 0.5) is 0 Å². The Balaban J connectivity index is 0.000000279. The predicted molar refractivity (Wildman–Crippen MR) is 105 cm³/mol. The Morgan fingerprint density at radius 3 is 2.07 bits per heavy atom. The number of carbonyl (C=O) groups is 2. The summed E-state index contributed by atoms with van der Waals surface area (Å²) in [5.41, 5.74) is 9.98. The van der Waals surface area contributed by atoms with E-state index in [0.717, 1.165) is 12.8 Å². The molecule has 0 spiro atoms. The van der Waals surface area contributed by atoms with Crippen LogP contribution in [0.5, 0.6) is 0 Å². The maximum Gasteiger partial charge on any atom is 0.328 e. The molecule has 4 N–H and O–H groups in total. The van der Waals surface area contributed by atoms with Gasteiger partial charge in [0.25, 0.3) is 0 Å². The number of rotatable bonds is 3. The number of halogens is 2.